The first kappa shape index (κ1) is 12.3. The molecule has 1 aliphatic rings. The predicted molar refractivity (Wildman–Crippen MR) is 56.9 cm³/mol. The standard InChI is InChI=1S/C10H20N2O3/c1-3-15-9(2)8-11-10(13)12-4-6-14-7-5-12/h9H,3-8H2,1-2H3,(H,11,13). The van der Waals surface area contributed by atoms with Crippen LogP contribution in [0.15, 0.2) is 0 Å². The number of hydrogen-bond acceptors (Lipinski definition) is 3. The Kier molecular flexibility index (Phi) is 5.42. The SMILES string of the molecule is CCOC(C)CNC(=O)N1CCOCC1. The number of carbonyl (C=O) groups excluding carboxylic acids is 1. The van der Waals surface area contributed by atoms with Crippen molar-refractivity contribution in [2.45, 2.75) is 20.0 Å². The van der Waals surface area contributed by atoms with Gasteiger partial charge in [-0.25, -0.2) is 4.79 Å². The minimum atomic E-state index is -0.0233. The Morgan fingerprint density at radius 1 is 1.53 bits per heavy atom. The van der Waals surface area contributed by atoms with Crippen LogP contribution in [0.25, 0.3) is 0 Å². The van der Waals surface area contributed by atoms with Gasteiger partial charge in [0.1, 0.15) is 0 Å². The number of nitrogens with one attached hydrogen (secondary N) is 1. The molecule has 1 atom stereocenters. The van der Waals surface area contributed by atoms with Crippen LogP contribution in [0.4, 0.5) is 4.79 Å². The summed E-state index contributed by atoms with van der Waals surface area (Å²) >= 11 is 0. The summed E-state index contributed by atoms with van der Waals surface area (Å²) in [7, 11) is 0. The van der Waals surface area contributed by atoms with Crippen LogP contribution in [0.5, 0.6) is 0 Å². The van der Waals surface area contributed by atoms with Crippen molar-refractivity contribution in [2.75, 3.05) is 39.5 Å². The molecule has 1 N–H and O–H groups in total. The molecule has 15 heavy (non-hydrogen) atoms. The Morgan fingerprint density at radius 2 is 2.20 bits per heavy atom. The van der Waals surface area contributed by atoms with Crippen LogP contribution in [0.3, 0.4) is 0 Å². The van der Waals surface area contributed by atoms with Crippen LogP contribution in [-0.2, 0) is 9.47 Å². The van der Waals surface area contributed by atoms with E-state index in [1.54, 1.807) is 4.90 Å². The normalized spacial score (nSPS) is 18.7. The highest BCUT2D eigenvalue weighted by molar-refractivity contribution is 5.74. The average Bonchev–Trinajstić information content (AvgIpc) is 2.27. The molecule has 1 heterocycles. The van der Waals surface area contributed by atoms with Crippen LogP contribution in [0.1, 0.15) is 13.8 Å². The van der Waals surface area contributed by atoms with Crippen LogP contribution in [0, 0.1) is 0 Å². The van der Waals surface area contributed by atoms with E-state index in [0.717, 1.165) is 0 Å². The molecule has 0 aromatic carbocycles. The molecule has 2 amide bonds. The lowest BCUT2D eigenvalue weighted by Crippen LogP contribution is -2.47. The van der Waals surface area contributed by atoms with Crippen molar-refractivity contribution >= 4 is 6.03 Å². The molecule has 1 aliphatic heterocycles. The third-order valence-corrected chi connectivity index (χ3v) is 2.29. The van der Waals surface area contributed by atoms with Gasteiger partial charge in [0.2, 0.25) is 0 Å². The maximum Gasteiger partial charge on any atom is 0.317 e. The fraction of sp³-hybridized carbons (Fsp3) is 0.900. The highest BCUT2D eigenvalue weighted by Crippen LogP contribution is 1.97. The molecular formula is C10H20N2O3. The lowest BCUT2D eigenvalue weighted by atomic mass is 10.4. The summed E-state index contributed by atoms with van der Waals surface area (Å²) in [5, 5.41) is 2.84. The van der Waals surface area contributed by atoms with Crippen molar-refractivity contribution in [3.63, 3.8) is 0 Å². The molecule has 1 fully saturated rings. The number of hydrogen-bond donors (Lipinski definition) is 1. The van der Waals surface area contributed by atoms with Crippen molar-refractivity contribution in [1.82, 2.24) is 10.2 Å². The van der Waals surface area contributed by atoms with Gasteiger partial charge < -0.3 is 19.7 Å². The lowest BCUT2D eigenvalue weighted by Gasteiger charge is -2.27. The first-order chi connectivity index (χ1) is 7.24. The molecule has 0 aromatic rings. The van der Waals surface area contributed by atoms with E-state index in [9.17, 15) is 4.79 Å². The van der Waals surface area contributed by atoms with E-state index in [4.69, 9.17) is 9.47 Å². The Morgan fingerprint density at radius 3 is 2.80 bits per heavy atom. The van der Waals surface area contributed by atoms with Gasteiger partial charge in [0.15, 0.2) is 0 Å². The molecular weight excluding hydrogens is 196 g/mol. The van der Waals surface area contributed by atoms with E-state index in [1.807, 2.05) is 13.8 Å². The molecule has 1 rings (SSSR count). The van der Waals surface area contributed by atoms with Crippen LogP contribution in [0.2, 0.25) is 0 Å². The van der Waals surface area contributed by atoms with Crippen LogP contribution >= 0.6 is 0 Å². The van der Waals surface area contributed by atoms with Crippen LogP contribution < -0.4 is 5.32 Å². The Balaban J connectivity index is 2.16. The van der Waals surface area contributed by atoms with Crippen molar-refractivity contribution in [1.29, 1.82) is 0 Å². The van der Waals surface area contributed by atoms with Gasteiger partial charge >= 0.3 is 6.03 Å². The van der Waals surface area contributed by atoms with Crippen molar-refractivity contribution in [3.8, 4) is 0 Å². The molecule has 0 aromatic heterocycles. The third-order valence-electron chi connectivity index (χ3n) is 2.29. The van der Waals surface area contributed by atoms with E-state index < -0.39 is 0 Å². The summed E-state index contributed by atoms with van der Waals surface area (Å²) < 4.78 is 10.5. The fourth-order valence-electron chi connectivity index (χ4n) is 1.45. The average molecular weight is 216 g/mol. The van der Waals surface area contributed by atoms with Crippen LogP contribution in [-0.4, -0.2) is 56.5 Å². The Bertz CT molecular complexity index is 193. The molecule has 5 heteroatoms. The summed E-state index contributed by atoms with van der Waals surface area (Å²) in [5.41, 5.74) is 0. The highest BCUT2D eigenvalue weighted by Gasteiger charge is 2.16. The minimum absolute atomic E-state index is 0.0233. The van der Waals surface area contributed by atoms with Gasteiger partial charge in [-0.2, -0.15) is 0 Å². The Hall–Kier alpha value is -0.810. The first-order valence-corrected chi connectivity index (χ1v) is 5.46. The zero-order valence-electron chi connectivity index (χ0n) is 9.49. The molecule has 5 nitrogen and oxygen atoms in total. The van der Waals surface area contributed by atoms with Gasteiger partial charge in [-0.1, -0.05) is 0 Å². The number of carbonyl (C=O) groups is 1. The third kappa shape index (κ3) is 4.48. The number of amides is 2. The van der Waals surface area contributed by atoms with E-state index in [-0.39, 0.29) is 12.1 Å². The maximum absolute atomic E-state index is 11.6. The van der Waals surface area contributed by atoms with Crippen molar-refractivity contribution in [2.24, 2.45) is 0 Å². The van der Waals surface area contributed by atoms with Gasteiger partial charge in [-0.05, 0) is 13.8 Å². The summed E-state index contributed by atoms with van der Waals surface area (Å²) in [6.07, 6.45) is 0.0694. The number of urea groups is 1. The maximum atomic E-state index is 11.6. The second kappa shape index (κ2) is 6.63. The van der Waals surface area contributed by atoms with Gasteiger partial charge in [-0.15, -0.1) is 0 Å². The molecule has 1 unspecified atom stereocenters. The van der Waals surface area contributed by atoms with Gasteiger partial charge in [-0.3, -0.25) is 0 Å². The van der Waals surface area contributed by atoms with Gasteiger partial charge in [0.05, 0.1) is 19.3 Å². The summed E-state index contributed by atoms with van der Waals surface area (Å²) in [5.74, 6) is 0. The molecule has 0 bridgehead atoms. The first-order valence-electron chi connectivity index (χ1n) is 5.46. The summed E-state index contributed by atoms with van der Waals surface area (Å²) in [6.45, 7) is 7.74. The molecule has 0 saturated carbocycles. The molecule has 0 spiro atoms. The van der Waals surface area contributed by atoms with E-state index >= 15 is 0 Å². The highest BCUT2D eigenvalue weighted by atomic mass is 16.5. The number of rotatable bonds is 4. The van der Waals surface area contributed by atoms with E-state index in [1.165, 1.54) is 0 Å². The number of nitrogens with zero attached hydrogens (tertiary/aromatic N) is 1. The lowest BCUT2D eigenvalue weighted by molar-refractivity contribution is 0.0491. The fourth-order valence-corrected chi connectivity index (χ4v) is 1.45. The van der Waals surface area contributed by atoms with Crippen molar-refractivity contribution in [3.05, 3.63) is 0 Å². The molecule has 0 aliphatic carbocycles. The topological polar surface area (TPSA) is 50.8 Å². The number of ether oxygens (including phenoxy) is 2. The smallest absolute Gasteiger partial charge is 0.317 e. The van der Waals surface area contributed by atoms with Gasteiger partial charge in [0, 0.05) is 26.2 Å². The van der Waals surface area contributed by atoms with Crippen molar-refractivity contribution < 1.29 is 14.3 Å². The van der Waals surface area contributed by atoms with Gasteiger partial charge in [0.25, 0.3) is 0 Å². The zero-order chi connectivity index (χ0) is 11.1. The monoisotopic (exact) mass is 216 g/mol. The minimum Gasteiger partial charge on any atom is -0.378 e. The second-order valence-electron chi connectivity index (χ2n) is 3.55. The summed E-state index contributed by atoms with van der Waals surface area (Å²) in [6, 6.07) is -0.0233. The van der Waals surface area contributed by atoms with E-state index in [2.05, 4.69) is 5.32 Å². The van der Waals surface area contributed by atoms with E-state index in [0.29, 0.717) is 39.5 Å². The quantitative estimate of drug-likeness (QED) is 0.742. The predicted octanol–water partition coefficient (Wildman–Crippen LogP) is 0.453. The zero-order valence-corrected chi connectivity index (χ0v) is 9.49. The summed E-state index contributed by atoms with van der Waals surface area (Å²) in [4.78, 5) is 13.4. The molecule has 88 valence electrons. The number of morpholine rings is 1. The Labute approximate surface area is 90.7 Å². The molecule has 1 saturated heterocycles. The molecule has 0 radical (unpaired) electrons. The second-order valence-corrected chi connectivity index (χ2v) is 3.55. The largest absolute Gasteiger partial charge is 0.378 e.